The maximum absolute atomic E-state index is 12.3. The van der Waals surface area contributed by atoms with Crippen LogP contribution in [0.4, 0.5) is 0 Å². The van der Waals surface area contributed by atoms with Gasteiger partial charge in [-0.3, -0.25) is 4.79 Å². The summed E-state index contributed by atoms with van der Waals surface area (Å²) in [4.78, 5) is 12.3. The van der Waals surface area contributed by atoms with Gasteiger partial charge in [-0.25, -0.2) is 0 Å². The minimum absolute atomic E-state index is 0.0931. The third kappa shape index (κ3) is 4.81. The molecule has 2 aromatic rings. The van der Waals surface area contributed by atoms with Gasteiger partial charge in [0.2, 0.25) is 0 Å². The van der Waals surface area contributed by atoms with E-state index in [2.05, 4.69) is 5.32 Å². The minimum Gasteiger partial charge on any atom is -0.493 e. The molecule has 1 amide bonds. The van der Waals surface area contributed by atoms with Crippen molar-refractivity contribution in [1.29, 1.82) is 0 Å². The Bertz CT molecular complexity index is 732. The number of hydrogen-bond acceptors (Lipinski definition) is 5. The molecular weight excluding hydrogens is 334 g/mol. The number of carbonyl (C=O) groups is 1. The standard InChI is InChI=1S/C20H25NO5/c1-5-15(14-10-11-17(24-3)19(12-14)25-4)21-20(22)13-26-18-9-7-6-8-16(18)23-2/h6-12,15H,5,13H2,1-4H3,(H,21,22)/t15-/m0/s1. The van der Waals surface area contributed by atoms with Crippen molar-refractivity contribution in [2.45, 2.75) is 19.4 Å². The molecule has 0 radical (unpaired) electrons. The Labute approximate surface area is 154 Å². The Hall–Kier alpha value is -2.89. The van der Waals surface area contributed by atoms with Crippen LogP contribution in [0.2, 0.25) is 0 Å². The van der Waals surface area contributed by atoms with Crippen LogP contribution in [0, 0.1) is 0 Å². The largest absolute Gasteiger partial charge is 0.493 e. The highest BCUT2D eigenvalue weighted by Crippen LogP contribution is 2.31. The van der Waals surface area contributed by atoms with E-state index < -0.39 is 0 Å². The van der Waals surface area contributed by atoms with Crippen molar-refractivity contribution in [2.75, 3.05) is 27.9 Å². The van der Waals surface area contributed by atoms with E-state index >= 15 is 0 Å². The lowest BCUT2D eigenvalue weighted by Crippen LogP contribution is -2.32. The zero-order valence-corrected chi connectivity index (χ0v) is 15.6. The zero-order chi connectivity index (χ0) is 18.9. The number of amides is 1. The molecule has 0 fully saturated rings. The summed E-state index contributed by atoms with van der Waals surface area (Å²) in [6, 6.07) is 12.7. The van der Waals surface area contributed by atoms with Crippen LogP contribution in [0.3, 0.4) is 0 Å². The number of para-hydroxylation sites is 2. The number of ether oxygens (including phenoxy) is 4. The second-order valence-electron chi connectivity index (χ2n) is 5.58. The van der Waals surface area contributed by atoms with Crippen LogP contribution in [0.5, 0.6) is 23.0 Å². The lowest BCUT2D eigenvalue weighted by atomic mass is 10.0. The van der Waals surface area contributed by atoms with Gasteiger partial charge in [-0.15, -0.1) is 0 Å². The molecule has 1 atom stereocenters. The van der Waals surface area contributed by atoms with E-state index in [-0.39, 0.29) is 18.6 Å². The Morgan fingerprint density at radius 2 is 1.54 bits per heavy atom. The van der Waals surface area contributed by atoms with Gasteiger partial charge in [-0.1, -0.05) is 25.1 Å². The summed E-state index contributed by atoms with van der Waals surface area (Å²) in [7, 11) is 4.74. The number of benzene rings is 2. The van der Waals surface area contributed by atoms with Crippen LogP contribution >= 0.6 is 0 Å². The summed E-state index contributed by atoms with van der Waals surface area (Å²) in [5.74, 6) is 2.19. The summed E-state index contributed by atoms with van der Waals surface area (Å²) in [5, 5.41) is 2.98. The topological polar surface area (TPSA) is 66.0 Å². The highest BCUT2D eigenvalue weighted by atomic mass is 16.5. The molecule has 0 bridgehead atoms. The zero-order valence-electron chi connectivity index (χ0n) is 15.6. The maximum atomic E-state index is 12.3. The van der Waals surface area contributed by atoms with E-state index in [0.29, 0.717) is 23.0 Å². The van der Waals surface area contributed by atoms with Crippen molar-refractivity contribution in [2.24, 2.45) is 0 Å². The van der Waals surface area contributed by atoms with Crippen LogP contribution in [-0.2, 0) is 4.79 Å². The molecule has 0 heterocycles. The van der Waals surface area contributed by atoms with Gasteiger partial charge in [0, 0.05) is 0 Å². The Balaban J connectivity index is 2.02. The van der Waals surface area contributed by atoms with Gasteiger partial charge in [0.25, 0.3) is 5.91 Å². The van der Waals surface area contributed by atoms with E-state index in [9.17, 15) is 4.79 Å². The first kappa shape index (κ1) is 19.4. The van der Waals surface area contributed by atoms with Gasteiger partial charge >= 0.3 is 0 Å². The van der Waals surface area contributed by atoms with E-state index in [1.165, 1.54) is 0 Å². The number of nitrogens with one attached hydrogen (secondary N) is 1. The summed E-state index contributed by atoms with van der Waals surface area (Å²) >= 11 is 0. The molecule has 0 aliphatic heterocycles. The van der Waals surface area contributed by atoms with Gasteiger partial charge in [-0.2, -0.15) is 0 Å². The molecule has 1 N–H and O–H groups in total. The molecule has 0 aromatic heterocycles. The predicted molar refractivity (Wildman–Crippen MR) is 99.2 cm³/mol. The Kier molecular flexibility index (Phi) is 7.14. The summed E-state index contributed by atoms with van der Waals surface area (Å²) in [5.41, 5.74) is 0.941. The second kappa shape index (κ2) is 9.56. The molecule has 0 saturated heterocycles. The molecule has 0 aliphatic rings. The molecule has 2 rings (SSSR count). The van der Waals surface area contributed by atoms with Crippen LogP contribution in [0.15, 0.2) is 42.5 Å². The van der Waals surface area contributed by atoms with E-state index in [1.807, 2.05) is 37.3 Å². The van der Waals surface area contributed by atoms with Gasteiger partial charge in [0.05, 0.1) is 27.4 Å². The fourth-order valence-corrected chi connectivity index (χ4v) is 2.61. The molecule has 2 aromatic carbocycles. The first-order chi connectivity index (χ1) is 12.6. The number of carbonyl (C=O) groups excluding carboxylic acids is 1. The van der Waals surface area contributed by atoms with Crippen molar-refractivity contribution in [3.05, 3.63) is 48.0 Å². The third-order valence-corrected chi connectivity index (χ3v) is 3.98. The molecular formula is C20H25NO5. The first-order valence-corrected chi connectivity index (χ1v) is 8.40. The fraction of sp³-hybridized carbons (Fsp3) is 0.350. The molecule has 26 heavy (non-hydrogen) atoms. The maximum Gasteiger partial charge on any atom is 0.258 e. The molecule has 6 heteroatoms. The molecule has 6 nitrogen and oxygen atoms in total. The SMILES string of the molecule is CC[C@H](NC(=O)COc1ccccc1OC)c1ccc(OC)c(OC)c1. The molecule has 0 unspecified atom stereocenters. The first-order valence-electron chi connectivity index (χ1n) is 8.40. The fourth-order valence-electron chi connectivity index (χ4n) is 2.61. The monoisotopic (exact) mass is 359 g/mol. The summed E-state index contributed by atoms with van der Waals surface area (Å²) in [6.07, 6.45) is 0.732. The van der Waals surface area contributed by atoms with Gasteiger partial charge in [-0.05, 0) is 36.2 Å². The quantitative estimate of drug-likeness (QED) is 0.744. The van der Waals surface area contributed by atoms with Crippen molar-refractivity contribution < 1.29 is 23.7 Å². The van der Waals surface area contributed by atoms with E-state index in [0.717, 1.165) is 12.0 Å². The summed E-state index contributed by atoms with van der Waals surface area (Å²) in [6.45, 7) is 1.91. The molecule has 0 saturated carbocycles. The van der Waals surface area contributed by atoms with Gasteiger partial charge in [0.15, 0.2) is 29.6 Å². The minimum atomic E-state index is -0.211. The average Bonchev–Trinajstić information content (AvgIpc) is 2.70. The molecule has 0 spiro atoms. The third-order valence-electron chi connectivity index (χ3n) is 3.98. The Morgan fingerprint density at radius 3 is 2.15 bits per heavy atom. The normalized spacial score (nSPS) is 11.4. The predicted octanol–water partition coefficient (Wildman–Crippen LogP) is 3.36. The highest BCUT2D eigenvalue weighted by molar-refractivity contribution is 5.78. The van der Waals surface area contributed by atoms with E-state index in [1.54, 1.807) is 33.5 Å². The summed E-state index contributed by atoms with van der Waals surface area (Å²) < 4.78 is 21.4. The van der Waals surface area contributed by atoms with Crippen molar-refractivity contribution in [3.63, 3.8) is 0 Å². The number of rotatable bonds is 9. The van der Waals surface area contributed by atoms with Crippen LogP contribution in [-0.4, -0.2) is 33.8 Å². The van der Waals surface area contributed by atoms with Crippen LogP contribution in [0.25, 0.3) is 0 Å². The number of hydrogen-bond donors (Lipinski definition) is 1. The van der Waals surface area contributed by atoms with Crippen LogP contribution in [0.1, 0.15) is 24.9 Å². The van der Waals surface area contributed by atoms with Gasteiger partial charge < -0.3 is 24.3 Å². The lowest BCUT2D eigenvalue weighted by Gasteiger charge is -2.19. The van der Waals surface area contributed by atoms with Crippen molar-refractivity contribution >= 4 is 5.91 Å². The molecule has 0 aliphatic carbocycles. The van der Waals surface area contributed by atoms with E-state index in [4.69, 9.17) is 18.9 Å². The Morgan fingerprint density at radius 1 is 0.923 bits per heavy atom. The molecule has 140 valence electrons. The smallest absolute Gasteiger partial charge is 0.258 e. The van der Waals surface area contributed by atoms with Crippen LogP contribution < -0.4 is 24.3 Å². The van der Waals surface area contributed by atoms with Crippen molar-refractivity contribution in [3.8, 4) is 23.0 Å². The van der Waals surface area contributed by atoms with Gasteiger partial charge in [0.1, 0.15) is 0 Å². The second-order valence-corrected chi connectivity index (χ2v) is 5.58. The van der Waals surface area contributed by atoms with Crippen molar-refractivity contribution in [1.82, 2.24) is 5.32 Å². The lowest BCUT2D eigenvalue weighted by molar-refractivity contribution is -0.123. The number of methoxy groups -OCH3 is 3. The average molecular weight is 359 g/mol. The highest BCUT2D eigenvalue weighted by Gasteiger charge is 2.16.